The third-order valence-corrected chi connectivity index (χ3v) is 7.02. The van der Waals surface area contributed by atoms with Gasteiger partial charge >= 0.3 is 0 Å². The molecule has 3 aromatic rings. The highest BCUT2D eigenvalue weighted by molar-refractivity contribution is 7.15. The average molecular weight is 464 g/mol. The van der Waals surface area contributed by atoms with Crippen molar-refractivity contribution in [3.8, 4) is 5.75 Å². The fourth-order valence-corrected chi connectivity index (χ4v) is 5.59. The Kier molecular flexibility index (Phi) is 7.68. The fourth-order valence-electron chi connectivity index (χ4n) is 4.51. The van der Waals surface area contributed by atoms with Crippen LogP contribution in [-0.4, -0.2) is 25.2 Å². The van der Waals surface area contributed by atoms with Crippen molar-refractivity contribution in [2.45, 2.75) is 46.0 Å². The Morgan fingerprint density at radius 2 is 2.06 bits per heavy atom. The summed E-state index contributed by atoms with van der Waals surface area (Å²) in [6, 6.07) is 17.1. The standard InChI is InChI=1S/C27H34N4OS/c1-5-28-19(3)18-31(4)23-16-15-21(17-24(23)32-6-2)29-27-30-26-22(13-10-14-25(26)33-27)20-11-8-7-9-12-20/h7-9,11-12,15-18,22,28H,5-6,10,13-14H2,1-4H3,(H,29,30)/p+1. The largest absolute Gasteiger partial charge is 0.492 e. The van der Waals surface area contributed by atoms with E-state index in [0.717, 1.165) is 41.6 Å². The summed E-state index contributed by atoms with van der Waals surface area (Å²) in [4.78, 5) is 8.58. The second-order valence-electron chi connectivity index (χ2n) is 8.52. The number of nitrogens with two attached hydrogens (primary N) is 1. The van der Waals surface area contributed by atoms with Crippen molar-refractivity contribution in [3.05, 3.63) is 76.6 Å². The minimum absolute atomic E-state index is 0.395. The Hall–Kier alpha value is -2.83. The lowest BCUT2D eigenvalue weighted by Crippen LogP contribution is -2.81. The van der Waals surface area contributed by atoms with Gasteiger partial charge in [-0.2, -0.15) is 0 Å². The lowest BCUT2D eigenvalue weighted by molar-refractivity contribution is -0.602. The number of anilines is 3. The maximum absolute atomic E-state index is 6.00. The van der Waals surface area contributed by atoms with Gasteiger partial charge < -0.3 is 20.3 Å². The van der Waals surface area contributed by atoms with Crippen LogP contribution >= 0.6 is 11.3 Å². The van der Waals surface area contributed by atoms with Crippen LogP contribution in [0.15, 0.2) is 60.4 Å². The van der Waals surface area contributed by atoms with Crippen molar-refractivity contribution in [2.24, 2.45) is 0 Å². The molecule has 0 aliphatic heterocycles. The second-order valence-corrected chi connectivity index (χ2v) is 9.60. The van der Waals surface area contributed by atoms with E-state index in [1.807, 2.05) is 6.92 Å². The molecule has 1 aliphatic carbocycles. The molecule has 0 amide bonds. The van der Waals surface area contributed by atoms with Crippen LogP contribution in [0.2, 0.25) is 0 Å². The topological polar surface area (TPSA) is 54.0 Å². The molecule has 1 aromatic heterocycles. The van der Waals surface area contributed by atoms with Crippen molar-refractivity contribution in [1.82, 2.24) is 4.98 Å². The number of benzene rings is 2. The minimum Gasteiger partial charge on any atom is -0.492 e. The maximum atomic E-state index is 6.00. The number of hydrogen-bond acceptors (Lipinski definition) is 5. The van der Waals surface area contributed by atoms with Gasteiger partial charge in [0.1, 0.15) is 11.4 Å². The predicted octanol–water partition coefficient (Wildman–Crippen LogP) is 5.63. The molecule has 174 valence electrons. The molecule has 0 spiro atoms. The van der Waals surface area contributed by atoms with Gasteiger partial charge in [0.05, 0.1) is 30.7 Å². The SMILES string of the molecule is CC[NH2+]C(C)=CN(C)c1ccc(Nc2nc3c(s2)CCCC3c2ccccc2)cc1OCC. The Morgan fingerprint density at radius 1 is 1.24 bits per heavy atom. The summed E-state index contributed by atoms with van der Waals surface area (Å²) in [5.41, 5.74) is 5.90. The number of nitrogens with one attached hydrogen (secondary N) is 1. The Bertz CT molecular complexity index is 1090. The number of nitrogens with zero attached hydrogens (tertiary/aromatic N) is 2. The van der Waals surface area contributed by atoms with E-state index < -0.39 is 0 Å². The smallest absolute Gasteiger partial charge is 0.187 e. The van der Waals surface area contributed by atoms with E-state index in [1.165, 1.54) is 28.3 Å². The minimum atomic E-state index is 0.395. The van der Waals surface area contributed by atoms with Gasteiger partial charge in [0, 0.05) is 36.5 Å². The molecule has 1 unspecified atom stereocenters. The summed E-state index contributed by atoms with van der Waals surface area (Å²) in [6.45, 7) is 7.96. The molecule has 0 radical (unpaired) electrons. The third kappa shape index (κ3) is 5.57. The van der Waals surface area contributed by atoms with Gasteiger partial charge in [-0.3, -0.25) is 0 Å². The van der Waals surface area contributed by atoms with Crippen LogP contribution in [-0.2, 0) is 6.42 Å². The lowest BCUT2D eigenvalue weighted by Gasteiger charge is -2.21. The summed E-state index contributed by atoms with van der Waals surface area (Å²) in [5, 5.41) is 6.73. The monoisotopic (exact) mass is 463 g/mol. The molecule has 1 heterocycles. The van der Waals surface area contributed by atoms with Gasteiger partial charge in [-0.15, -0.1) is 11.3 Å². The molecule has 4 rings (SSSR count). The zero-order valence-electron chi connectivity index (χ0n) is 20.1. The molecule has 5 nitrogen and oxygen atoms in total. The van der Waals surface area contributed by atoms with Gasteiger partial charge in [-0.1, -0.05) is 30.3 Å². The van der Waals surface area contributed by atoms with Crippen LogP contribution in [0.3, 0.4) is 0 Å². The lowest BCUT2D eigenvalue weighted by atomic mass is 9.85. The number of fused-ring (bicyclic) bond motifs is 1. The first kappa shape index (κ1) is 23.3. The van der Waals surface area contributed by atoms with E-state index in [1.54, 1.807) is 11.3 Å². The summed E-state index contributed by atoms with van der Waals surface area (Å²) in [6.07, 6.45) is 5.64. The first-order valence-corrected chi connectivity index (χ1v) is 12.7. The van der Waals surface area contributed by atoms with Crippen molar-refractivity contribution >= 4 is 27.8 Å². The zero-order valence-corrected chi connectivity index (χ0v) is 20.9. The van der Waals surface area contributed by atoms with E-state index in [9.17, 15) is 0 Å². The van der Waals surface area contributed by atoms with Gasteiger partial charge in [0.15, 0.2) is 5.13 Å². The molecule has 2 aromatic carbocycles. The van der Waals surface area contributed by atoms with E-state index in [2.05, 4.69) is 91.2 Å². The molecule has 3 N–H and O–H groups in total. The first-order valence-electron chi connectivity index (χ1n) is 11.9. The number of allylic oxidation sites excluding steroid dienone is 1. The molecule has 1 aliphatic rings. The third-order valence-electron chi connectivity index (χ3n) is 5.97. The van der Waals surface area contributed by atoms with Crippen LogP contribution in [0, 0.1) is 0 Å². The van der Waals surface area contributed by atoms with Crippen LogP contribution in [0.1, 0.15) is 55.7 Å². The van der Waals surface area contributed by atoms with E-state index >= 15 is 0 Å². The number of quaternary nitrogens is 1. The van der Waals surface area contributed by atoms with Gasteiger partial charge in [-0.05, 0) is 50.8 Å². The fraction of sp³-hybridized carbons (Fsp3) is 0.370. The molecular weight excluding hydrogens is 428 g/mol. The predicted molar refractivity (Wildman–Crippen MR) is 139 cm³/mol. The zero-order chi connectivity index (χ0) is 23.2. The number of hydrogen-bond donors (Lipinski definition) is 2. The molecule has 0 saturated carbocycles. The van der Waals surface area contributed by atoms with Crippen LogP contribution in [0.4, 0.5) is 16.5 Å². The number of thiazole rings is 1. The van der Waals surface area contributed by atoms with Crippen molar-refractivity contribution in [1.29, 1.82) is 0 Å². The molecule has 0 saturated heterocycles. The van der Waals surface area contributed by atoms with Crippen LogP contribution in [0.5, 0.6) is 5.75 Å². The van der Waals surface area contributed by atoms with Crippen molar-refractivity contribution in [2.75, 3.05) is 30.4 Å². The van der Waals surface area contributed by atoms with Crippen LogP contribution < -0.4 is 20.3 Å². The summed E-state index contributed by atoms with van der Waals surface area (Å²) < 4.78 is 6.00. The van der Waals surface area contributed by atoms with Gasteiger partial charge in [-0.25, -0.2) is 4.98 Å². The van der Waals surface area contributed by atoms with E-state index in [4.69, 9.17) is 9.72 Å². The highest BCUT2D eigenvalue weighted by atomic mass is 32.1. The van der Waals surface area contributed by atoms with Crippen LogP contribution in [0.25, 0.3) is 0 Å². The summed E-state index contributed by atoms with van der Waals surface area (Å²) in [5.74, 6) is 1.26. The summed E-state index contributed by atoms with van der Waals surface area (Å²) >= 11 is 1.79. The summed E-state index contributed by atoms with van der Waals surface area (Å²) in [7, 11) is 2.07. The number of aromatic nitrogens is 1. The highest BCUT2D eigenvalue weighted by Crippen LogP contribution is 2.41. The van der Waals surface area contributed by atoms with E-state index in [0.29, 0.717) is 12.5 Å². The van der Waals surface area contributed by atoms with E-state index in [-0.39, 0.29) is 0 Å². The molecular formula is C27H35N4OS+. The normalized spacial score (nSPS) is 15.8. The highest BCUT2D eigenvalue weighted by Gasteiger charge is 2.26. The number of aryl methyl sites for hydroxylation is 1. The van der Waals surface area contributed by atoms with Crippen molar-refractivity contribution in [3.63, 3.8) is 0 Å². The average Bonchev–Trinajstić information content (AvgIpc) is 3.22. The molecule has 0 bridgehead atoms. The van der Waals surface area contributed by atoms with Gasteiger partial charge in [0.25, 0.3) is 0 Å². The molecule has 33 heavy (non-hydrogen) atoms. The number of ether oxygens (including phenoxy) is 1. The number of rotatable bonds is 9. The van der Waals surface area contributed by atoms with Crippen molar-refractivity contribution < 1.29 is 10.1 Å². The maximum Gasteiger partial charge on any atom is 0.187 e. The Morgan fingerprint density at radius 3 is 2.82 bits per heavy atom. The second kappa shape index (κ2) is 10.9. The molecule has 1 atom stereocenters. The Balaban J connectivity index is 1.57. The quantitative estimate of drug-likeness (QED) is 0.432. The Labute approximate surface area is 201 Å². The molecule has 0 fully saturated rings. The van der Waals surface area contributed by atoms with Gasteiger partial charge in [0.2, 0.25) is 0 Å². The molecule has 6 heteroatoms. The first-order chi connectivity index (χ1) is 16.1.